The first-order valence-corrected chi connectivity index (χ1v) is 6.04. The number of hydrogen-bond acceptors (Lipinski definition) is 2. The van der Waals surface area contributed by atoms with Gasteiger partial charge in [0.15, 0.2) is 0 Å². The standard InChI is InChI=1S/C13H21NO/c1-10-5-3-7-13(10)14-11(2)9-12-6-4-8-15-12/h4,6,8,10-11,13-14H,3,5,7,9H2,1-2H3. The average molecular weight is 207 g/mol. The molecule has 1 heterocycles. The van der Waals surface area contributed by atoms with E-state index in [-0.39, 0.29) is 0 Å². The normalized spacial score (nSPS) is 28.1. The lowest BCUT2D eigenvalue weighted by Gasteiger charge is -2.22. The summed E-state index contributed by atoms with van der Waals surface area (Å²) in [5.41, 5.74) is 0. The predicted octanol–water partition coefficient (Wildman–Crippen LogP) is 2.99. The molecule has 2 rings (SSSR count). The van der Waals surface area contributed by atoms with Crippen LogP contribution in [0.4, 0.5) is 0 Å². The highest BCUT2D eigenvalue weighted by molar-refractivity contribution is 5.00. The van der Waals surface area contributed by atoms with Crippen LogP contribution in [0.2, 0.25) is 0 Å². The van der Waals surface area contributed by atoms with Crippen molar-refractivity contribution in [1.29, 1.82) is 0 Å². The van der Waals surface area contributed by atoms with E-state index in [4.69, 9.17) is 4.42 Å². The molecule has 1 aromatic rings. The Balaban J connectivity index is 1.79. The van der Waals surface area contributed by atoms with Crippen LogP contribution in [0, 0.1) is 5.92 Å². The van der Waals surface area contributed by atoms with Gasteiger partial charge in [0.1, 0.15) is 5.76 Å². The molecule has 0 bridgehead atoms. The zero-order chi connectivity index (χ0) is 10.7. The van der Waals surface area contributed by atoms with Crippen molar-refractivity contribution in [2.24, 2.45) is 5.92 Å². The maximum absolute atomic E-state index is 5.36. The molecule has 2 heteroatoms. The molecule has 1 aliphatic rings. The molecule has 84 valence electrons. The molecule has 0 amide bonds. The first-order chi connectivity index (χ1) is 7.25. The summed E-state index contributed by atoms with van der Waals surface area (Å²) in [5.74, 6) is 1.92. The lowest BCUT2D eigenvalue weighted by molar-refractivity contribution is 0.367. The summed E-state index contributed by atoms with van der Waals surface area (Å²) in [6, 6.07) is 5.24. The molecule has 15 heavy (non-hydrogen) atoms. The topological polar surface area (TPSA) is 25.2 Å². The van der Waals surface area contributed by atoms with Gasteiger partial charge in [0.2, 0.25) is 0 Å². The van der Waals surface area contributed by atoms with Gasteiger partial charge in [0.25, 0.3) is 0 Å². The van der Waals surface area contributed by atoms with E-state index in [1.165, 1.54) is 19.3 Å². The van der Waals surface area contributed by atoms with Gasteiger partial charge >= 0.3 is 0 Å². The van der Waals surface area contributed by atoms with Crippen LogP contribution in [-0.4, -0.2) is 12.1 Å². The molecule has 1 saturated carbocycles. The van der Waals surface area contributed by atoms with E-state index in [1.54, 1.807) is 6.26 Å². The lowest BCUT2D eigenvalue weighted by atomic mass is 10.0. The van der Waals surface area contributed by atoms with E-state index < -0.39 is 0 Å². The maximum atomic E-state index is 5.36. The van der Waals surface area contributed by atoms with Crippen molar-refractivity contribution in [1.82, 2.24) is 5.32 Å². The van der Waals surface area contributed by atoms with Crippen molar-refractivity contribution in [3.05, 3.63) is 24.2 Å². The third-order valence-electron chi connectivity index (χ3n) is 3.45. The Labute approximate surface area is 92.1 Å². The minimum atomic E-state index is 0.515. The smallest absolute Gasteiger partial charge is 0.105 e. The van der Waals surface area contributed by atoms with Crippen LogP contribution in [0.5, 0.6) is 0 Å². The molecule has 1 N–H and O–H groups in total. The fourth-order valence-electron chi connectivity index (χ4n) is 2.55. The first-order valence-electron chi connectivity index (χ1n) is 6.04. The van der Waals surface area contributed by atoms with Crippen LogP contribution in [0.25, 0.3) is 0 Å². The van der Waals surface area contributed by atoms with Crippen LogP contribution >= 0.6 is 0 Å². The Kier molecular flexibility index (Phi) is 3.47. The van der Waals surface area contributed by atoms with Crippen molar-refractivity contribution in [2.45, 2.75) is 51.6 Å². The second-order valence-electron chi connectivity index (χ2n) is 4.87. The highest BCUT2D eigenvalue weighted by Crippen LogP contribution is 2.25. The molecule has 0 radical (unpaired) electrons. The van der Waals surface area contributed by atoms with Gasteiger partial charge in [-0.05, 0) is 37.8 Å². The fraction of sp³-hybridized carbons (Fsp3) is 0.692. The Morgan fingerprint density at radius 1 is 1.53 bits per heavy atom. The minimum absolute atomic E-state index is 0.515. The van der Waals surface area contributed by atoms with E-state index in [0.29, 0.717) is 6.04 Å². The van der Waals surface area contributed by atoms with Gasteiger partial charge in [0, 0.05) is 18.5 Å². The van der Waals surface area contributed by atoms with Crippen LogP contribution in [-0.2, 0) is 6.42 Å². The summed E-state index contributed by atoms with van der Waals surface area (Å²) in [7, 11) is 0. The summed E-state index contributed by atoms with van der Waals surface area (Å²) in [6.07, 6.45) is 6.84. The quantitative estimate of drug-likeness (QED) is 0.821. The molecule has 0 aromatic carbocycles. The zero-order valence-corrected chi connectivity index (χ0v) is 9.70. The molecule has 3 unspecified atom stereocenters. The fourth-order valence-corrected chi connectivity index (χ4v) is 2.55. The molecular weight excluding hydrogens is 186 g/mol. The Morgan fingerprint density at radius 3 is 3.00 bits per heavy atom. The zero-order valence-electron chi connectivity index (χ0n) is 9.70. The summed E-state index contributed by atoms with van der Waals surface area (Å²) in [6.45, 7) is 4.60. The third kappa shape index (κ3) is 2.85. The van der Waals surface area contributed by atoms with Crippen molar-refractivity contribution >= 4 is 0 Å². The van der Waals surface area contributed by atoms with Gasteiger partial charge in [-0.2, -0.15) is 0 Å². The average Bonchev–Trinajstić information content (AvgIpc) is 2.79. The molecule has 2 nitrogen and oxygen atoms in total. The highest BCUT2D eigenvalue weighted by Gasteiger charge is 2.24. The van der Waals surface area contributed by atoms with Crippen LogP contribution in [0.1, 0.15) is 38.9 Å². The largest absolute Gasteiger partial charge is 0.469 e. The van der Waals surface area contributed by atoms with E-state index in [1.807, 2.05) is 6.07 Å². The maximum Gasteiger partial charge on any atom is 0.105 e. The molecule has 1 fully saturated rings. The number of furan rings is 1. The number of nitrogens with one attached hydrogen (secondary N) is 1. The number of rotatable bonds is 4. The van der Waals surface area contributed by atoms with E-state index in [0.717, 1.165) is 24.1 Å². The van der Waals surface area contributed by atoms with Gasteiger partial charge in [-0.25, -0.2) is 0 Å². The van der Waals surface area contributed by atoms with Crippen LogP contribution in [0.15, 0.2) is 22.8 Å². The van der Waals surface area contributed by atoms with Gasteiger partial charge in [0.05, 0.1) is 6.26 Å². The number of hydrogen-bond donors (Lipinski definition) is 1. The second-order valence-corrected chi connectivity index (χ2v) is 4.87. The highest BCUT2D eigenvalue weighted by atomic mass is 16.3. The monoisotopic (exact) mass is 207 g/mol. The summed E-state index contributed by atoms with van der Waals surface area (Å²) in [4.78, 5) is 0. The molecule has 0 spiro atoms. The van der Waals surface area contributed by atoms with Gasteiger partial charge in [-0.1, -0.05) is 13.3 Å². The van der Waals surface area contributed by atoms with Crippen molar-refractivity contribution in [3.8, 4) is 0 Å². The van der Waals surface area contributed by atoms with E-state index in [9.17, 15) is 0 Å². The molecule has 0 saturated heterocycles. The summed E-state index contributed by atoms with van der Waals surface area (Å²) < 4.78 is 5.36. The lowest BCUT2D eigenvalue weighted by Crippen LogP contribution is -2.39. The summed E-state index contributed by atoms with van der Waals surface area (Å²) in [5, 5.41) is 3.71. The SMILES string of the molecule is CC(Cc1ccco1)NC1CCCC1C. The van der Waals surface area contributed by atoms with Gasteiger partial charge < -0.3 is 9.73 Å². The Hall–Kier alpha value is -0.760. The van der Waals surface area contributed by atoms with Gasteiger partial charge in [-0.3, -0.25) is 0 Å². The molecule has 1 aromatic heterocycles. The first kappa shape index (κ1) is 10.7. The Bertz CT molecular complexity index is 281. The van der Waals surface area contributed by atoms with Crippen LogP contribution in [0.3, 0.4) is 0 Å². The van der Waals surface area contributed by atoms with Gasteiger partial charge in [-0.15, -0.1) is 0 Å². The minimum Gasteiger partial charge on any atom is -0.469 e. The van der Waals surface area contributed by atoms with E-state index in [2.05, 4.69) is 25.2 Å². The molecular formula is C13H21NO. The van der Waals surface area contributed by atoms with E-state index >= 15 is 0 Å². The van der Waals surface area contributed by atoms with Crippen molar-refractivity contribution < 1.29 is 4.42 Å². The molecule has 3 atom stereocenters. The predicted molar refractivity (Wildman–Crippen MR) is 61.8 cm³/mol. The second kappa shape index (κ2) is 4.84. The Morgan fingerprint density at radius 2 is 2.40 bits per heavy atom. The molecule has 0 aliphatic heterocycles. The van der Waals surface area contributed by atoms with Crippen LogP contribution < -0.4 is 5.32 Å². The third-order valence-corrected chi connectivity index (χ3v) is 3.45. The van der Waals surface area contributed by atoms with Crippen molar-refractivity contribution in [2.75, 3.05) is 0 Å². The molecule has 1 aliphatic carbocycles. The van der Waals surface area contributed by atoms with Crippen molar-refractivity contribution in [3.63, 3.8) is 0 Å². The summed E-state index contributed by atoms with van der Waals surface area (Å²) >= 11 is 0.